The summed E-state index contributed by atoms with van der Waals surface area (Å²) < 4.78 is 37.5. The summed E-state index contributed by atoms with van der Waals surface area (Å²) >= 11 is 5.92. The van der Waals surface area contributed by atoms with Gasteiger partial charge in [0.2, 0.25) is 0 Å². The van der Waals surface area contributed by atoms with Crippen LogP contribution in [0.1, 0.15) is 26.0 Å². The number of aliphatic hydroxyl groups excluding tert-OH is 1. The predicted molar refractivity (Wildman–Crippen MR) is 134 cm³/mol. The third-order valence-corrected chi connectivity index (χ3v) is 8.52. The van der Waals surface area contributed by atoms with E-state index < -0.39 is 49.8 Å². The molecule has 15 heteroatoms. The Hall–Kier alpha value is -2.77. The van der Waals surface area contributed by atoms with Gasteiger partial charge in [0, 0.05) is 11.4 Å². The number of benzene rings is 1. The van der Waals surface area contributed by atoms with Gasteiger partial charge in [-0.3, -0.25) is 9.32 Å². The number of aliphatic hydroxyl groups is 2. The number of nitrogen functional groups attached to an aromatic ring is 1. The normalized spacial score (nSPS) is 28.4. The van der Waals surface area contributed by atoms with Crippen LogP contribution in [0.15, 0.2) is 42.7 Å². The van der Waals surface area contributed by atoms with Crippen molar-refractivity contribution in [2.75, 3.05) is 18.9 Å². The quantitative estimate of drug-likeness (QED) is 0.206. The van der Waals surface area contributed by atoms with Crippen molar-refractivity contribution in [1.29, 1.82) is 0 Å². The lowest BCUT2D eigenvalue weighted by Crippen LogP contribution is -2.39. The van der Waals surface area contributed by atoms with Crippen LogP contribution in [0.5, 0.6) is 5.75 Å². The molecule has 1 aromatic carbocycles. The first-order valence-electron chi connectivity index (χ1n) is 11.8. The van der Waals surface area contributed by atoms with Crippen molar-refractivity contribution in [3.63, 3.8) is 0 Å². The number of fused-ring (bicyclic) bond motifs is 2. The van der Waals surface area contributed by atoms with Gasteiger partial charge in [0.15, 0.2) is 5.82 Å². The fourth-order valence-corrected chi connectivity index (χ4v) is 6.29. The highest BCUT2D eigenvalue weighted by atomic mass is 35.5. The van der Waals surface area contributed by atoms with Crippen LogP contribution >= 0.6 is 19.3 Å². The third-order valence-electron chi connectivity index (χ3n) is 6.62. The Balaban J connectivity index is 1.36. The van der Waals surface area contributed by atoms with Crippen molar-refractivity contribution in [2.24, 2.45) is 0 Å². The molecule has 5 rings (SSSR count). The number of esters is 1. The van der Waals surface area contributed by atoms with Gasteiger partial charge in [-0.05, 0) is 50.2 Å². The minimum Gasteiger partial charge on any atom is -0.465 e. The first-order valence-corrected chi connectivity index (χ1v) is 13.7. The Labute approximate surface area is 222 Å². The summed E-state index contributed by atoms with van der Waals surface area (Å²) in [7, 11) is -4.23. The number of aromatic nitrogens is 3. The third kappa shape index (κ3) is 4.54. The van der Waals surface area contributed by atoms with E-state index in [1.807, 2.05) is 0 Å². The zero-order valence-corrected chi connectivity index (χ0v) is 22.1. The van der Waals surface area contributed by atoms with Crippen molar-refractivity contribution in [3.8, 4) is 5.75 Å². The number of rotatable bonds is 10. The molecule has 1 saturated heterocycles. The highest BCUT2D eigenvalue weighted by molar-refractivity contribution is 7.52. The number of halogens is 1. The molecule has 0 spiro atoms. The number of nitrogens with one attached hydrogen (secondary N) is 1. The van der Waals surface area contributed by atoms with Crippen molar-refractivity contribution < 1.29 is 38.1 Å². The highest BCUT2D eigenvalue weighted by Gasteiger charge is 2.80. The van der Waals surface area contributed by atoms with E-state index in [4.69, 9.17) is 35.9 Å². The van der Waals surface area contributed by atoms with Gasteiger partial charge in [-0.25, -0.2) is 14.1 Å². The standard InChI is InChI=1S/C23H27ClN5O8P/c1-3-34-21(31)13(2)28-38(33,37-15-6-4-14(24)5-7-15)35-10-17-19(30)22(32)11-23(22,36-17)18-9-8-16-20(25)26-12-27-29(16)18/h4-9,12-13,17,19,30,32H,3,10-11H2,1-2H3,(H,28,33)(H2,25,26,27)/t13-,17+,19+,22+,23-,38?/m0/s1. The molecule has 13 nitrogen and oxygen atoms in total. The molecular formula is C23H27ClN5O8P. The molecule has 1 unspecified atom stereocenters. The van der Waals surface area contributed by atoms with E-state index in [0.717, 1.165) is 0 Å². The molecule has 204 valence electrons. The Kier molecular flexibility index (Phi) is 6.89. The highest BCUT2D eigenvalue weighted by Crippen LogP contribution is 2.66. The minimum absolute atomic E-state index is 0.102. The molecule has 2 fully saturated rings. The van der Waals surface area contributed by atoms with Gasteiger partial charge in [0.25, 0.3) is 0 Å². The van der Waals surface area contributed by atoms with Crippen molar-refractivity contribution >= 4 is 36.7 Å². The topological polar surface area (TPSA) is 180 Å². The van der Waals surface area contributed by atoms with Crippen LogP contribution in [0, 0.1) is 0 Å². The van der Waals surface area contributed by atoms with E-state index in [2.05, 4.69) is 15.2 Å². The average Bonchev–Trinajstić information content (AvgIpc) is 3.16. The Morgan fingerprint density at radius 2 is 2.11 bits per heavy atom. The van der Waals surface area contributed by atoms with Gasteiger partial charge in [0.1, 0.15) is 47.0 Å². The van der Waals surface area contributed by atoms with E-state index in [0.29, 0.717) is 16.2 Å². The van der Waals surface area contributed by atoms with Crippen LogP contribution in [0.2, 0.25) is 5.02 Å². The Bertz CT molecular complexity index is 1410. The summed E-state index contributed by atoms with van der Waals surface area (Å²) in [6, 6.07) is 8.35. The number of nitrogens with two attached hydrogens (primary N) is 1. The Morgan fingerprint density at radius 3 is 2.82 bits per heavy atom. The van der Waals surface area contributed by atoms with Crippen LogP contribution < -0.4 is 15.3 Å². The maximum atomic E-state index is 13.7. The smallest absolute Gasteiger partial charge is 0.459 e. The first kappa shape index (κ1) is 26.8. The molecule has 1 saturated carbocycles. The second-order valence-electron chi connectivity index (χ2n) is 9.13. The summed E-state index contributed by atoms with van der Waals surface area (Å²) in [6.45, 7) is 2.77. The summed E-state index contributed by atoms with van der Waals surface area (Å²) in [5.41, 5.74) is 3.98. The van der Waals surface area contributed by atoms with Gasteiger partial charge >= 0.3 is 13.7 Å². The summed E-state index contributed by atoms with van der Waals surface area (Å²) in [5.74, 6) is -0.263. The van der Waals surface area contributed by atoms with E-state index in [1.165, 1.54) is 42.0 Å². The van der Waals surface area contributed by atoms with Crippen molar-refractivity contribution in [2.45, 2.75) is 49.7 Å². The largest absolute Gasteiger partial charge is 0.465 e. The maximum Gasteiger partial charge on any atom is 0.459 e. The molecule has 3 heterocycles. The van der Waals surface area contributed by atoms with Crippen molar-refractivity contribution in [1.82, 2.24) is 19.7 Å². The lowest BCUT2D eigenvalue weighted by molar-refractivity contribution is -0.144. The molecule has 5 N–H and O–H groups in total. The molecule has 2 aliphatic rings. The van der Waals surface area contributed by atoms with Gasteiger partial charge in [0.05, 0.1) is 18.9 Å². The molecule has 2 aromatic heterocycles. The van der Waals surface area contributed by atoms with Crippen LogP contribution in [-0.2, 0) is 29.0 Å². The lowest BCUT2D eigenvalue weighted by atomic mass is 10.1. The van der Waals surface area contributed by atoms with E-state index in [9.17, 15) is 19.6 Å². The number of hydrogen-bond acceptors (Lipinski definition) is 11. The SMILES string of the molecule is CCOC(=O)[C@H](C)NP(=O)(OC[C@H]1O[C@]2(c3ccc4c(N)ncnn34)C[C@@]2(O)[C@@H]1O)Oc1ccc(Cl)cc1. The van der Waals surface area contributed by atoms with E-state index in [1.54, 1.807) is 19.1 Å². The monoisotopic (exact) mass is 567 g/mol. The van der Waals surface area contributed by atoms with Gasteiger partial charge in [-0.1, -0.05) is 11.6 Å². The van der Waals surface area contributed by atoms with Crippen LogP contribution in [0.25, 0.3) is 5.52 Å². The second-order valence-corrected chi connectivity index (χ2v) is 11.3. The summed E-state index contributed by atoms with van der Waals surface area (Å²) in [4.78, 5) is 16.1. The summed E-state index contributed by atoms with van der Waals surface area (Å²) in [5, 5.41) is 29.3. The lowest BCUT2D eigenvalue weighted by Gasteiger charge is -2.26. The Morgan fingerprint density at radius 1 is 1.37 bits per heavy atom. The number of carbonyl (C=O) groups is 1. The number of nitrogens with zero attached hydrogens (tertiary/aromatic N) is 3. The zero-order chi connectivity index (χ0) is 27.3. The molecule has 1 aliphatic carbocycles. The van der Waals surface area contributed by atoms with Crippen LogP contribution in [0.3, 0.4) is 0 Å². The van der Waals surface area contributed by atoms with E-state index in [-0.39, 0.29) is 24.6 Å². The number of anilines is 1. The van der Waals surface area contributed by atoms with E-state index >= 15 is 0 Å². The predicted octanol–water partition coefficient (Wildman–Crippen LogP) is 1.80. The summed E-state index contributed by atoms with van der Waals surface area (Å²) in [6.07, 6.45) is -1.11. The van der Waals surface area contributed by atoms with Crippen molar-refractivity contribution in [3.05, 3.63) is 53.4 Å². The van der Waals surface area contributed by atoms with Gasteiger partial charge < -0.3 is 29.9 Å². The average molecular weight is 568 g/mol. The first-order chi connectivity index (χ1) is 18.0. The van der Waals surface area contributed by atoms with Gasteiger partial charge in [-0.2, -0.15) is 10.2 Å². The molecule has 6 atom stereocenters. The minimum atomic E-state index is -4.23. The fraction of sp³-hybridized carbons (Fsp3) is 0.435. The van der Waals surface area contributed by atoms with Gasteiger partial charge in [-0.15, -0.1) is 0 Å². The molecule has 0 amide bonds. The fourth-order valence-electron chi connectivity index (χ4n) is 4.66. The number of carbonyl (C=O) groups excluding carboxylic acids is 1. The molecule has 0 radical (unpaired) electrons. The van der Waals surface area contributed by atoms with Crippen LogP contribution in [-0.4, -0.2) is 67.8 Å². The maximum absolute atomic E-state index is 13.7. The molecule has 38 heavy (non-hydrogen) atoms. The zero-order valence-electron chi connectivity index (χ0n) is 20.5. The van der Waals surface area contributed by atoms with Crippen LogP contribution in [0.4, 0.5) is 5.82 Å². The second kappa shape index (κ2) is 9.76. The molecular weight excluding hydrogens is 541 g/mol. The number of hydrogen-bond donors (Lipinski definition) is 4. The molecule has 1 aliphatic heterocycles. The number of ether oxygens (including phenoxy) is 2. The molecule has 3 aromatic rings. The molecule has 0 bridgehead atoms.